The highest BCUT2D eigenvalue weighted by molar-refractivity contribution is 7.20. The predicted octanol–water partition coefficient (Wildman–Crippen LogP) is 2.18. The minimum atomic E-state index is -0.543. The number of carbonyl (C=O) groups is 2. The van der Waals surface area contributed by atoms with Crippen LogP contribution in [0.5, 0.6) is 0 Å². The first-order valence-corrected chi connectivity index (χ1v) is 8.00. The second-order valence-corrected chi connectivity index (χ2v) is 6.01. The summed E-state index contributed by atoms with van der Waals surface area (Å²) in [5, 5.41) is 0.350. The molecule has 0 saturated heterocycles. The summed E-state index contributed by atoms with van der Waals surface area (Å²) < 4.78 is 11.0. The molecular formula is C16H14N2O5S. The number of aryl methyl sites for hydroxylation is 1. The van der Waals surface area contributed by atoms with E-state index in [9.17, 15) is 14.4 Å². The smallest absolute Gasteiger partial charge is 0.348 e. The van der Waals surface area contributed by atoms with Gasteiger partial charge in [0.1, 0.15) is 15.4 Å². The van der Waals surface area contributed by atoms with Crippen molar-refractivity contribution in [2.75, 3.05) is 13.7 Å². The lowest BCUT2D eigenvalue weighted by atomic mass is 10.2. The lowest BCUT2D eigenvalue weighted by molar-refractivity contribution is 0.0530. The quantitative estimate of drug-likeness (QED) is 0.676. The van der Waals surface area contributed by atoms with Crippen LogP contribution in [0.2, 0.25) is 0 Å². The number of carbonyl (C=O) groups excluding carboxylic acids is 2. The zero-order chi connectivity index (χ0) is 17.4. The molecule has 3 aromatic rings. The fraction of sp³-hybridized carbons (Fsp3) is 0.250. The van der Waals surface area contributed by atoms with Crippen molar-refractivity contribution < 1.29 is 19.1 Å². The van der Waals surface area contributed by atoms with Gasteiger partial charge in [-0.25, -0.2) is 14.6 Å². The molecule has 0 fully saturated rings. The van der Waals surface area contributed by atoms with Crippen molar-refractivity contribution in [3.63, 3.8) is 0 Å². The van der Waals surface area contributed by atoms with Gasteiger partial charge in [0.25, 0.3) is 5.56 Å². The van der Waals surface area contributed by atoms with Crippen molar-refractivity contribution in [2.24, 2.45) is 0 Å². The number of nitrogens with zero attached hydrogens (tertiary/aromatic N) is 2. The van der Waals surface area contributed by atoms with Gasteiger partial charge in [-0.05, 0) is 31.5 Å². The first-order chi connectivity index (χ1) is 11.5. The first-order valence-electron chi connectivity index (χ1n) is 7.18. The van der Waals surface area contributed by atoms with Crippen LogP contribution in [0.3, 0.4) is 0 Å². The van der Waals surface area contributed by atoms with E-state index in [1.165, 1.54) is 23.8 Å². The lowest BCUT2D eigenvalue weighted by Gasteiger charge is -2.04. The third kappa shape index (κ3) is 2.44. The number of ether oxygens (including phenoxy) is 2. The molecule has 0 bridgehead atoms. The third-order valence-corrected chi connectivity index (χ3v) is 4.75. The number of pyridine rings is 1. The summed E-state index contributed by atoms with van der Waals surface area (Å²) in [7, 11) is 1.27. The topological polar surface area (TPSA) is 87.0 Å². The van der Waals surface area contributed by atoms with Gasteiger partial charge in [-0.15, -0.1) is 11.3 Å². The molecule has 0 radical (unpaired) electrons. The molecular weight excluding hydrogens is 332 g/mol. The average Bonchev–Trinajstić information content (AvgIpc) is 2.91. The van der Waals surface area contributed by atoms with E-state index >= 15 is 0 Å². The third-order valence-electron chi connectivity index (χ3n) is 3.59. The van der Waals surface area contributed by atoms with E-state index in [0.29, 0.717) is 26.3 Å². The highest BCUT2D eigenvalue weighted by Gasteiger charge is 2.21. The summed E-state index contributed by atoms with van der Waals surface area (Å²) in [5.41, 5.74) is 0.817. The molecule has 0 aromatic carbocycles. The Hall–Kier alpha value is -2.74. The summed E-state index contributed by atoms with van der Waals surface area (Å²) >= 11 is 1.13. The van der Waals surface area contributed by atoms with E-state index in [0.717, 1.165) is 11.3 Å². The number of esters is 2. The molecule has 0 saturated carbocycles. The normalized spacial score (nSPS) is 11.0. The van der Waals surface area contributed by atoms with Crippen LogP contribution in [0, 0.1) is 6.92 Å². The molecule has 0 aliphatic rings. The van der Waals surface area contributed by atoms with Crippen molar-refractivity contribution in [3.8, 4) is 0 Å². The fourth-order valence-electron chi connectivity index (χ4n) is 2.43. The molecule has 3 heterocycles. The standard InChI is InChI=1S/C16H14N2O5S/c1-4-23-16(21)12-8(2)11-13(24-12)17-10-6-5-9(15(20)22-3)7-18(10)14(11)19/h5-7H,4H2,1-3H3. The van der Waals surface area contributed by atoms with Gasteiger partial charge in [0, 0.05) is 6.20 Å². The Kier molecular flexibility index (Phi) is 4.06. The maximum absolute atomic E-state index is 12.8. The van der Waals surface area contributed by atoms with E-state index in [-0.39, 0.29) is 17.7 Å². The predicted molar refractivity (Wildman–Crippen MR) is 88.9 cm³/mol. The Labute approximate surface area is 140 Å². The number of aromatic nitrogens is 2. The van der Waals surface area contributed by atoms with Crippen molar-refractivity contribution in [1.82, 2.24) is 9.38 Å². The van der Waals surface area contributed by atoms with E-state index in [4.69, 9.17) is 4.74 Å². The van der Waals surface area contributed by atoms with E-state index in [1.807, 2.05) is 0 Å². The summed E-state index contributed by atoms with van der Waals surface area (Å²) in [6, 6.07) is 3.10. The van der Waals surface area contributed by atoms with Crippen LogP contribution >= 0.6 is 11.3 Å². The Bertz CT molecular complexity index is 1030. The van der Waals surface area contributed by atoms with Gasteiger partial charge in [0.15, 0.2) is 0 Å². The van der Waals surface area contributed by atoms with Crippen LogP contribution in [0.1, 0.15) is 32.5 Å². The van der Waals surface area contributed by atoms with Crippen LogP contribution < -0.4 is 5.56 Å². The van der Waals surface area contributed by atoms with Crippen molar-refractivity contribution in [3.05, 3.63) is 44.7 Å². The zero-order valence-corrected chi connectivity index (χ0v) is 14.1. The molecule has 24 heavy (non-hydrogen) atoms. The van der Waals surface area contributed by atoms with Crippen LogP contribution in [0.25, 0.3) is 15.9 Å². The molecule has 0 spiro atoms. The maximum atomic E-state index is 12.8. The molecule has 0 aliphatic carbocycles. The molecule has 0 aliphatic heterocycles. The van der Waals surface area contributed by atoms with Crippen LogP contribution in [0.15, 0.2) is 23.1 Å². The number of methoxy groups -OCH3 is 1. The second kappa shape index (κ2) is 6.04. The van der Waals surface area contributed by atoms with Crippen LogP contribution in [-0.2, 0) is 9.47 Å². The van der Waals surface area contributed by atoms with E-state index < -0.39 is 11.9 Å². The molecule has 3 rings (SSSR count). The van der Waals surface area contributed by atoms with Gasteiger partial charge < -0.3 is 9.47 Å². The number of hydrogen-bond donors (Lipinski definition) is 0. The molecule has 7 nitrogen and oxygen atoms in total. The first kappa shape index (κ1) is 16.1. The monoisotopic (exact) mass is 346 g/mol. The Balaban J connectivity index is 2.30. The van der Waals surface area contributed by atoms with Crippen molar-refractivity contribution in [2.45, 2.75) is 13.8 Å². The van der Waals surface area contributed by atoms with Gasteiger partial charge >= 0.3 is 11.9 Å². The molecule has 0 atom stereocenters. The van der Waals surface area contributed by atoms with Gasteiger partial charge in [0.2, 0.25) is 0 Å². The Morgan fingerprint density at radius 1 is 1.29 bits per heavy atom. The summed E-state index contributed by atoms with van der Waals surface area (Å²) in [6.07, 6.45) is 1.39. The SMILES string of the molecule is CCOC(=O)c1sc2nc3ccc(C(=O)OC)cn3c(=O)c2c1C. The second-order valence-electron chi connectivity index (χ2n) is 5.01. The number of rotatable bonds is 3. The highest BCUT2D eigenvalue weighted by atomic mass is 32.1. The molecule has 0 unspecified atom stereocenters. The average molecular weight is 346 g/mol. The largest absolute Gasteiger partial charge is 0.465 e. The summed E-state index contributed by atoms with van der Waals surface area (Å²) in [6.45, 7) is 3.66. The maximum Gasteiger partial charge on any atom is 0.348 e. The van der Waals surface area contributed by atoms with Crippen molar-refractivity contribution in [1.29, 1.82) is 0 Å². The highest BCUT2D eigenvalue weighted by Crippen LogP contribution is 2.28. The van der Waals surface area contributed by atoms with E-state index in [2.05, 4.69) is 9.72 Å². The van der Waals surface area contributed by atoms with Crippen LogP contribution in [-0.4, -0.2) is 35.0 Å². The van der Waals surface area contributed by atoms with Gasteiger partial charge in [-0.3, -0.25) is 9.20 Å². The van der Waals surface area contributed by atoms with E-state index in [1.54, 1.807) is 19.9 Å². The molecule has 124 valence electrons. The Morgan fingerprint density at radius 2 is 2.04 bits per heavy atom. The van der Waals surface area contributed by atoms with Crippen molar-refractivity contribution >= 4 is 39.1 Å². The summed E-state index contributed by atoms with van der Waals surface area (Å²) in [5.74, 6) is -1.01. The zero-order valence-electron chi connectivity index (χ0n) is 13.3. The van der Waals surface area contributed by atoms with Gasteiger partial charge in [0.05, 0.1) is 24.7 Å². The minimum absolute atomic E-state index is 0.242. The molecule has 8 heteroatoms. The van der Waals surface area contributed by atoms with Gasteiger partial charge in [-0.2, -0.15) is 0 Å². The molecule has 3 aromatic heterocycles. The van der Waals surface area contributed by atoms with Crippen LogP contribution in [0.4, 0.5) is 0 Å². The molecule has 0 amide bonds. The minimum Gasteiger partial charge on any atom is -0.465 e. The summed E-state index contributed by atoms with van der Waals surface area (Å²) in [4.78, 5) is 41.7. The Morgan fingerprint density at radius 3 is 2.71 bits per heavy atom. The van der Waals surface area contributed by atoms with Gasteiger partial charge in [-0.1, -0.05) is 0 Å². The number of fused-ring (bicyclic) bond motifs is 2. The number of thiophene rings is 1. The fourth-order valence-corrected chi connectivity index (χ4v) is 3.50. The molecule has 0 N–H and O–H groups in total. The number of hydrogen-bond acceptors (Lipinski definition) is 7. The lowest BCUT2D eigenvalue weighted by Crippen LogP contribution is -2.17.